The molecule has 0 amide bonds. The zero-order valence-electron chi connectivity index (χ0n) is 17.3. The standard InChI is InChI=1S/C24H26N2O5/c1-29-21-8-4-5-9-22(21)30-13-12-25-14-16(27)15-31-24-20(28)11-10-19-23(24)17-6-2-3-7-18(17)26-19/h2-11,16,25-28H,12-15H2,1H3/t16-/m1/s1. The molecule has 1 heterocycles. The van der Waals surface area contributed by atoms with Crippen molar-refractivity contribution in [1.82, 2.24) is 10.3 Å². The lowest BCUT2D eigenvalue weighted by Crippen LogP contribution is -2.33. The molecule has 0 spiro atoms. The van der Waals surface area contributed by atoms with E-state index in [-0.39, 0.29) is 12.4 Å². The number of para-hydroxylation sites is 3. The van der Waals surface area contributed by atoms with E-state index in [2.05, 4.69) is 10.3 Å². The molecule has 0 aliphatic heterocycles. The Morgan fingerprint density at radius 1 is 0.935 bits per heavy atom. The number of phenols is 1. The average molecular weight is 422 g/mol. The number of rotatable bonds is 10. The van der Waals surface area contributed by atoms with E-state index >= 15 is 0 Å². The Morgan fingerprint density at radius 3 is 2.55 bits per heavy atom. The lowest BCUT2D eigenvalue weighted by atomic mass is 10.1. The van der Waals surface area contributed by atoms with Gasteiger partial charge in [-0.3, -0.25) is 0 Å². The van der Waals surface area contributed by atoms with Crippen LogP contribution in [0.25, 0.3) is 21.8 Å². The summed E-state index contributed by atoms with van der Waals surface area (Å²) in [4.78, 5) is 3.31. The zero-order chi connectivity index (χ0) is 21.6. The van der Waals surface area contributed by atoms with Gasteiger partial charge < -0.3 is 34.7 Å². The van der Waals surface area contributed by atoms with E-state index in [0.717, 1.165) is 21.8 Å². The molecule has 7 nitrogen and oxygen atoms in total. The molecule has 0 aliphatic carbocycles. The third-order valence-electron chi connectivity index (χ3n) is 5.01. The van der Waals surface area contributed by atoms with Gasteiger partial charge in [-0.2, -0.15) is 0 Å². The fourth-order valence-electron chi connectivity index (χ4n) is 3.52. The Balaban J connectivity index is 1.30. The number of aromatic amines is 1. The van der Waals surface area contributed by atoms with Crippen molar-refractivity contribution < 1.29 is 24.4 Å². The van der Waals surface area contributed by atoms with Crippen LogP contribution >= 0.6 is 0 Å². The molecule has 1 aromatic heterocycles. The summed E-state index contributed by atoms with van der Waals surface area (Å²) >= 11 is 0. The summed E-state index contributed by atoms with van der Waals surface area (Å²) in [5.74, 6) is 1.77. The van der Waals surface area contributed by atoms with Gasteiger partial charge in [0.15, 0.2) is 23.0 Å². The van der Waals surface area contributed by atoms with Crippen LogP contribution in [0.5, 0.6) is 23.0 Å². The lowest BCUT2D eigenvalue weighted by Gasteiger charge is -2.15. The number of aromatic hydroxyl groups is 1. The van der Waals surface area contributed by atoms with Crippen molar-refractivity contribution in [1.29, 1.82) is 0 Å². The van der Waals surface area contributed by atoms with Crippen molar-refractivity contribution in [2.75, 3.05) is 33.4 Å². The van der Waals surface area contributed by atoms with E-state index in [0.29, 0.717) is 36.9 Å². The maximum atomic E-state index is 10.3. The Kier molecular flexibility index (Phi) is 6.45. The SMILES string of the molecule is COc1ccccc1OCCNC[C@@H](O)COc1c(O)ccc2[nH]c3ccccc3c12. The molecule has 4 aromatic rings. The molecule has 4 N–H and O–H groups in total. The van der Waals surface area contributed by atoms with Crippen molar-refractivity contribution in [3.05, 3.63) is 60.7 Å². The van der Waals surface area contributed by atoms with Gasteiger partial charge in [-0.15, -0.1) is 0 Å². The van der Waals surface area contributed by atoms with Gasteiger partial charge in [0, 0.05) is 24.0 Å². The molecular weight excluding hydrogens is 396 g/mol. The van der Waals surface area contributed by atoms with Crippen LogP contribution in [0.15, 0.2) is 60.7 Å². The van der Waals surface area contributed by atoms with Gasteiger partial charge in [0.1, 0.15) is 19.3 Å². The number of fused-ring (bicyclic) bond motifs is 3. The normalized spacial score (nSPS) is 12.2. The molecule has 0 fully saturated rings. The number of phenolic OH excluding ortho intramolecular Hbond substituents is 1. The maximum Gasteiger partial charge on any atom is 0.171 e. The van der Waals surface area contributed by atoms with E-state index in [4.69, 9.17) is 14.2 Å². The Hall–Kier alpha value is -3.42. The first-order valence-corrected chi connectivity index (χ1v) is 10.2. The monoisotopic (exact) mass is 422 g/mol. The molecule has 0 radical (unpaired) electrons. The number of methoxy groups -OCH3 is 1. The van der Waals surface area contributed by atoms with Gasteiger partial charge in [0.2, 0.25) is 0 Å². The molecule has 162 valence electrons. The van der Waals surface area contributed by atoms with Gasteiger partial charge in [-0.25, -0.2) is 0 Å². The van der Waals surface area contributed by atoms with Crippen LogP contribution in [0.3, 0.4) is 0 Å². The van der Waals surface area contributed by atoms with Crippen molar-refractivity contribution in [3.63, 3.8) is 0 Å². The molecule has 0 aliphatic rings. The Bertz CT molecular complexity index is 1160. The molecular formula is C24H26N2O5. The highest BCUT2D eigenvalue weighted by atomic mass is 16.5. The first-order valence-electron chi connectivity index (χ1n) is 10.2. The fourth-order valence-corrected chi connectivity index (χ4v) is 3.52. The van der Waals surface area contributed by atoms with Gasteiger partial charge in [-0.05, 0) is 30.3 Å². The number of benzene rings is 3. The summed E-state index contributed by atoms with van der Waals surface area (Å²) in [7, 11) is 1.60. The van der Waals surface area contributed by atoms with Crippen LogP contribution in [0.4, 0.5) is 0 Å². The molecule has 31 heavy (non-hydrogen) atoms. The minimum Gasteiger partial charge on any atom is -0.504 e. The second-order valence-corrected chi connectivity index (χ2v) is 7.18. The van der Waals surface area contributed by atoms with E-state index in [1.807, 2.05) is 54.6 Å². The summed E-state index contributed by atoms with van der Waals surface area (Å²) < 4.78 is 16.8. The van der Waals surface area contributed by atoms with Gasteiger partial charge in [0.25, 0.3) is 0 Å². The highest BCUT2D eigenvalue weighted by Crippen LogP contribution is 2.39. The third kappa shape index (κ3) is 4.68. The number of aliphatic hydroxyl groups is 1. The second-order valence-electron chi connectivity index (χ2n) is 7.18. The molecule has 7 heteroatoms. The quantitative estimate of drug-likeness (QED) is 0.293. The maximum absolute atomic E-state index is 10.3. The van der Waals surface area contributed by atoms with Crippen LogP contribution in [0, 0.1) is 0 Å². The first-order chi connectivity index (χ1) is 15.2. The molecule has 0 bridgehead atoms. The number of hydrogen-bond donors (Lipinski definition) is 4. The molecule has 0 saturated heterocycles. The fraction of sp³-hybridized carbons (Fsp3) is 0.250. The topological polar surface area (TPSA) is 96.0 Å². The van der Waals surface area contributed by atoms with Gasteiger partial charge in [-0.1, -0.05) is 30.3 Å². The molecule has 0 saturated carbocycles. The number of hydrogen-bond acceptors (Lipinski definition) is 6. The molecule has 4 rings (SSSR count). The van der Waals surface area contributed by atoms with Crippen molar-refractivity contribution in [3.8, 4) is 23.0 Å². The van der Waals surface area contributed by atoms with Crippen molar-refractivity contribution >= 4 is 21.8 Å². The van der Waals surface area contributed by atoms with E-state index < -0.39 is 6.10 Å². The van der Waals surface area contributed by atoms with E-state index in [1.165, 1.54) is 0 Å². The van der Waals surface area contributed by atoms with Crippen molar-refractivity contribution in [2.45, 2.75) is 6.10 Å². The minimum atomic E-state index is -0.744. The molecule has 3 aromatic carbocycles. The van der Waals surface area contributed by atoms with Crippen molar-refractivity contribution in [2.24, 2.45) is 0 Å². The van der Waals surface area contributed by atoms with Gasteiger partial charge >= 0.3 is 0 Å². The molecule has 0 unspecified atom stereocenters. The first kappa shape index (κ1) is 20.8. The zero-order valence-corrected chi connectivity index (χ0v) is 17.3. The van der Waals surface area contributed by atoms with Crippen LogP contribution in [-0.4, -0.2) is 54.7 Å². The van der Waals surface area contributed by atoms with Crippen LogP contribution in [-0.2, 0) is 0 Å². The van der Waals surface area contributed by atoms with Crippen LogP contribution < -0.4 is 19.5 Å². The smallest absolute Gasteiger partial charge is 0.171 e. The van der Waals surface area contributed by atoms with E-state index in [9.17, 15) is 10.2 Å². The minimum absolute atomic E-state index is 0.0441. The number of aromatic nitrogens is 1. The highest BCUT2D eigenvalue weighted by Gasteiger charge is 2.15. The number of ether oxygens (including phenoxy) is 3. The largest absolute Gasteiger partial charge is 0.504 e. The summed E-state index contributed by atoms with van der Waals surface area (Å²) in [5, 5.41) is 25.5. The second kappa shape index (κ2) is 9.59. The van der Waals surface area contributed by atoms with Gasteiger partial charge in [0.05, 0.1) is 18.0 Å². The number of nitrogens with one attached hydrogen (secondary N) is 2. The lowest BCUT2D eigenvalue weighted by molar-refractivity contribution is 0.105. The number of aliphatic hydroxyl groups excluding tert-OH is 1. The third-order valence-corrected chi connectivity index (χ3v) is 5.01. The van der Waals surface area contributed by atoms with Crippen LogP contribution in [0.1, 0.15) is 0 Å². The predicted octanol–water partition coefficient (Wildman–Crippen LogP) is 3.44. The van der Waals surface area contributed by atoms with E-state index in [1.54, 1.807) is 13.2 Å². The predicted molar refractivity (Wildman–Crippen MR) is 120 cm³/mol. The average Bonchev–Trinajstić information content (AvgIpc) is 3.17. The number of H-pyrrole nitrogens is 1. The highest BCUT2D eigenvalue weighted by molar-refractivity contribution is 6.11. The Morgan fingerprint density at radius 2 is 1.71 bits per heavy atom. The summed E-state index contributed by atoms with van der Waals surface area (Å²) in [5.41, 5.74) is 1.83. The Labute approximate surface area is 180 Å². The van der Waals surface area contributed by atoms with Crippen LogP contribution in [0.2, 0.25) is 0 Å². The summed E-state index contributed by atoms with van der Waals surface area (Å²) in [6.45, 7) is 1.37. The summed E-state index contributed by atoms with van der Waals surface area (Å²) in [6, 6.07) is 18.7. The molecule has 1 atom stereocenters. The summed E-state index contributed by atoms with van der Waals surface area (Å²) in [6.07, 6.45) is -0.744.